The van der Waals surface area contributed by atoms with E-state index < -0.39 is 0 Å². The lowest BCUT2D eigenvalue weighted by atomic mass is 10.2. The maximum absolute atomic E-state index is 13.2. The number of nitrogens with zero attached hydrogens (tertiary/aromatic N) is 7. The average Bonchev–Trinajstić information content (AvgIpc) is 3.52. The third-order valence-electron chi connectivity index (χ3n) is 6.22. The Bertz CT molecular complexity index is 1610. The highest BCUT2D eigenvalue weighted by Gasteiger charge is 2.20. The second-order valence-electron chi connectivity index (χ2n) is 8.48. The third-order valence-corrected chi connectivity index (χ3v) is 6.81. The lowest BCUT2D eigenvalue weighted by molar-refractivity contribution is 0.102. The van der Waals surface area contributed by atoms with Gasteiger partial charge in [0.1, 0.15) is 0 Å². The summed E-state index contributed by atoms with van der Waals surface area (Å²) in [4.78, 5) is 17.6. The van der Waals surface area contributed by atoms with Crippen LogP contribution < -0.4 is 5.32 Å². The molecule has 0 atom stereocenters. The van der Waals surface area contributed by atoms with Crippen LogP contribution in [0.5, 0.6) is 0 Å². The van der Waals surface area contributed by atoms with Gasteiger partial charge in [-0.2, -0.15) is 15.3 Å². The second kappa shape index (κ2) is 9.40. The van der Waals surface area contributed by atoms with E-state index in [2.05, 4.69) is 25.6 Å². The van der Waals surface area contributed by atoms with Gasteiger partial charge in [0.2, 0.25) is 0 Å². The zero-order chi connectivity index (χ0) is 25.6. The Morgan fingerprint density at radius 1 is 1.03 bits per heavy atom. The molecule has 11 heteroatoms. The SMILES string of the molecule is CCn1ncc(-c2ccnc3cc(C(=O)Nc4c(C)nn(Cc5ccc(Cl)cc5Cl)c4C)nn23)c1C. The standard InChI is InChI=1S/C25H24Cl2N8O/c1-5-33-15(3)19(12-29-33)22-8-9-28-23-11-21(32-35(22)23)25(36)30-24-14(2)31-34(16(24)4)13-17-6-7-18(26)10-20(17)27/h6-12H,5,13H2,1-4H3,(H,30,36). The van der Waals surface area contributed by atoms with Gasteiger partial charge in [-0.1, -0.05) is 29.3 Å². The van der Waals surface area contributed by atoms with Gasteiger partial charge in [-0.3, -0.25) is 14.2 Å². The average molecular weight is 523 g/mol. The predicted octanol–water partition coefficient (Wildman–Crippen LogP) is 5.34. The number of nitrogens with one attached hydrogen (secondary N) is 1. The number of hydrogen-bond donors (Lipinski definition) is 1. The molecule has 1 N–H and O–H groups in total. The molecule has 0 saturated heterocycles. The molecule has 0 spiro atoms. The predicted molar refractivity (Wildman–Crippen MR) is 140 cm³/mol. The minimum Gasteiger partial charge on any atom is -0.317 e. The van der Waals surface area contributed by atoms with Gasteiger partial charge in [0.25, 0.3) is 5.91 Å². The number of fused-ring (bicyclic) bond motifs is 1. The Kier molecular flexibility index (Phi) is 6.27. The molecule has 4 heterocycles. The number of aromatic nitrogens is 7. The number of benzene rings is 1. The highest BCUT2D eigenvalue weighted by molar-refractivity contribution is 6.35. The van der Waals surface area contributed by atoms with Gasteiger partial charge >= 0.3 is 0 Å². The largest absolute Gasteiger partial charge is 0.317 e. The summed E-state index contributed by atoms with van der Waals surface area (Å²) in [5.74, 6) is -0.345. The van der Waals surface area contributed by atoms with E-state index in [1.165, 1.54) is 0 Å². The zero-order valence-corrected chi connectivity index (χ0v) is 21.8. The van der Waals surface area contributed by atoms with E-state index in [1.54, 1.807) is 33.6 Å². The van der Waals surface area contributed by atoms with Crippen LogP contribution in [0.15, 0.2) is 42.7 Å². The van der Waals surface area contributed by atoms with Crippen LogP contribution in [-0.4, -0.2) is 40.1 Å². The molecule has 0 radical (unpaired) electrons. The van der Waals surface area contributed by atoms with Gasteiger partial charge in [0.05, 0.1) is 35.5 Å². The van der Waals surface area contributed by atoms with E-state index in [4.69, 9.17) is 23.2 Å². The molecule has 5 rings (SSSR count). The summed E-state index contributed by atoms with van der Waals surface area (Å²) in [5.41, 5.74) is 6.61. The number of carbonyl (C=O) groups is 1. The number of rotatable bonds is 6. The topological polar surface area (TPSA) is 94.9 Å². The lowest BCUT2D eigenvalue weighted by Crippen LogP contribution is -2.14. The molecule has 36 heavy (non-hydrogen) atoms. The fraction of sp³-hybridized carbons (Fsp3) is 0.240. The van der Waals surface area contributed by atoms with Crippen LogP contribution >= 0.6 is 23.2 Å². The summed E-state index contributed by atoms with van der Waals surface area (Å²) < 4.78 is 5.39. The van der Waals surface area contributed by atoms with Gasteiger partial charge in [-0.05, 0) is 51.5 Å². The van der Waals surface area contributed by atoms with Crippen LogP contribution in [0.3, 0.4) is 0 Å². The van der Waals surface area contributed by atoms with E-state index in [9.17, 15) is 4.79 Å². The van der Waals surface area contributed by atoms with E-state index in [-0.39, 0.29) is 11.6 Å². The van der Waals surface area contributed by atoms with Crippen molar-refractivity contribution in [1.82, 2.24) is 34.2 Å². The number of anilines is 1. The third kappa shape index (κ3) is 4.25. The van der Waals surface area contributed by atoms with Crippen molar-refractivity contribution in [3.05, 3.63) is 81.1 Å². The number of halogens is 2. The molecular formula is C25H24Cl2N8O. The van der Waals surface area contributed by atoms with Crippen molar-refractivity contribution in [2.45, 2.75) is 40.8 Å². The molecule has 1 amide bonds. The molecule has 0 aliphatic heterocycles. The highest BCUT2D eigenvalue weighted by Crippen LogP contribution is 2.26. The Balaban J connectivity index is 1.43. The van der Waals surface area contributed by atoms with E-state index in [1.807, 2.05) is 50.7 Å². The maximum atomic E-state index is 13.2. The molecule has 5 aromatic rings. The van der Waals surface area contributed by atoms with Gasteiger partial charge in [0.15, 0.2) is 11.3 Å². The minimum absolute atomic E-state index is 0.253. The van der Waals surface area contributed by atoms with Crippen molar-refractivity contribution in [3.63, 3.8) is 0 Å². The maximum Gasteiger partial charge on any atom is 0.276 e. The summed E-state index contributed by atoms with van der Waals surface area (Å²) in [5, 5.41) is 17.7. The zero-order valence-electron chi connectivity index (χ0n) is 20.3. The second-order valence-corrected chi connectivity index (χ2v) is 9.33. The van der Waals surface area contributed by atoms with Crippen molar-refractivity contribution >= 4 is 40.4 Å². The Morgan fingerprint density at radius 3 is 2.56 bits per heavy atom. The van der Waals surface area contributed by atoms with Crippen molar-refractivity contribution in [1.29, 1.82) is 0 Å². The van der Waals surface area contributed by atoms with E-state index in [0.29, 0.717) is 33.6 Å². The molecule has 1 aromatic carbocycles. The number of hydrogen-bond acceptors (Lipinski definition) is 5. The van der Waals surface area contributed by atoms with Gasteiger partial charge in [-0.15, -0.1) is 0 Å². The molecule has 0 fully saturated rings. The van der Waals surface area contributed by atoms with Gasteiger partial charge in [-0.25, -0.2) is 9.50 Å². The molecule has 0 unspecified atom stereocenters. The molecule has 4 aromatic heterocycles. The summed E-state index contributed by atoms with van der Waals surface area (Å²) in [6.07, 6.45) is 3.51. The molecule has 0 saturated carbocycles. The first kappa shape index (κ1) is 24.0. The number of aryl methyl sites for hydroxylation is 2. The minimum atomic E-state index is -0.345. The smallest absolute Gasteiger partial charge is 0.276 e. The van der Waals surface area contributed by atoms with Crippen molar-refractivity contribution in [2.24, 2.45) is 0 Å². The van der Waals surface area contributed by atoms with Crippen molar-refractivity contribution in [2.75, 3.05) is 5.32 Å². The molecular weight excluding hydrogens is 499 g/mol. The van der Waals surface area contributed by atoms with Crippen LogP contribution in [0.1, 0.15) is 40.1 Å². The van der Waals surface area contributed by atoms with Gasteiger partial charge < -0.3 is 5.32 Å². The van der Waals surface area contributed by atoms with Crippen molar-refractivity contribution < 1.29 is 4.79 Å². The molecule has 0 aliphatic rings. The van der Waals surface area contributed by atoms with E-state index in [0.717, 1.165) is 34.8 Å². The fourth-order valence-electron chi connectivity index (χ4n) is 4.25. The lowest BCUT2D eigenvalue weighted by Gasteiger charge is -2.08. The Morgan fingerprint density at radius 2 is 1.83 bits per heavy atom. The van der Waals surface area contributed by atoms with Crippen LogP contribution in [-0.2, 0) is 13.1 Å². The van der Waals surface area contributed by atoms with Gasteiger partial charge in [0, 0.05) is 40.1 Å². The normalized spacial score (nSPS) is 11.4. The first-order valence-electron chi connectivity index (χ1n) is 11.4. The van der Waals surface area contributed by atoms with E-state index >= 15 is 0 Å². The summed E-state index contributed by atoms with van der Waals surface area (Å²) >= 11 is 12.4. The quantitative estimate of drug-likeness (QED) is 0.324. The van der Waals surface area contributed by atoms with Crippen LogP contribution in [0.2, 0.25) is 10.0 Å². The number of amides is 1. The summed E-state index contributed by atoms with van der Waals surface area (Å²) in [7, 11) is 0. The Labute approximate surface area is 217 Å². The molecule has 0 aliphatic carbocycles. The first-order valence-corrected chi connectivity index (χ1v) is 12.2. The molecule has 0 bridgehead atoms. The number of carbonyl (C=O) groups excluding carboxylic acids is 1. The molecule has 9 nitrogen and oxygen atoms in total. The van der Waals surface area contributed by atoms with Crippen LogP contribution in [0.4, 0.5) is 5.69 Å². The fourth-order valence-corrected chi connectivity index (χ4v) is 4.72. The molecule has 184 valence electrons. The first-order chi connectivity index (χ1) is 17.3. The Hall–Kier alpha value is -3.69. The monoisotopic (exact) mass is 522 g/mol. The summed E-state index contributed by atoms with van der Waals surface area (Å²) in [6, 6.07) is 8.89. The van der Waals surface area contributed by atoms with Crippen LogP contribution in [0, 0.1) is 20.8 Å². The summed E-state index contributed by atoms with van der Waals surface area (Å²) in [6.45, 7) is 9.01. The van der Waals surface area contributed by atoms with Crippen molar-refractivity contribution in [3.8, 4) is 11.3 Å². The van der Waals surface area contributed by atoms with Crippen LogP contribution in [0.25, 0.3) is 16.9 Å². The highest BCUT2D eigenvalue weighted by atomic mass is 35.5.